The predicted molar refractivity (Wildman–Crippen MR) is 142 cm³/mol. The standard InChI is InChI=1S/C27H28FN5O5S/c1-15-25(16(2)38-31-15)17-4-5-22-21(12-17)30-26(33(22)18-8-10-39(35,36)11-9-18)23-6-7-24(34)32(23)19-13-20(28)27(37-3)29-14-19/h4-5,12-14,18,23H,6-11H2,1-3H3/t23-/m0/s1. The number of fused-ring (bicyclic) bond motifs is 1. The number of benzene rings is 1. The third kappa shape index (κ3) is 4.36. The van der Waals surface area contributed by atoms with Crippen molar-refractivity contribution < 1.29 is 26.9 Å². The van der Waals surface area contributed by atoms with Gasteiger partial charge < -0.3 is 18.7 Å². The van der Waals surface area contributed by atoms with Crippen LogP contribution >= 0.6 is 0 Å². The van der Waals surface area contributed by atoms with E-state index < -0.39 is 21.7 Å². The van der Waals surface area contributed by atoms with Gasteiger partial charge >= 0.3 is 0 Å². The minimum Gasteiger partial charge on any atom is -0.479 e. The maximum atomic E-state index is 14.6. The maximum Gasteiger partial charge on any atom is 0.250 e. The number of ether oxygens (including phenoxy) is 1. The van der Waals surface area contributed by atoms with Gasteiger partial charge in [0.05, 0.1) is 53.3 Å². The van der Waals surface area contributed by atoms with Gasteiger partial charge in [0, 0.05) is 24.1 Å². The van der Waals surface area contributed by atoms with E-state index in [1.807, 2.05) is 32.0 Å². The molecule has 2 aliphatic rings. The number of sulfone groups is 1. The molecule has 0 radical (unpaired) electrons. The van der Waals surface area contributed by atoms with Crippen molar-refractivity contribution in [1.82, 2.24) is 19.7 Å². The van der Waals surface area contributed by atoms with Crippen LogP contribution in [0.25, 0.3) is 22.2 Å². The molecule has 1 amide bonds. The molecule has 1 atom stereocenters. The first kappa shape index (κ1) is 25.5. The fourth-order valence-corrected chi connectivity index (χ4v) is 7.34. The van der Waals surface area contributed by atoms with E-state index >= 15 is 0 Å². The zero-order valence-electron chi connectivity index (χ0n) is 21.8. The summed E-state index contributed by atoms with van der Waals surface area (Å²) in [6, 6.07) is 6.60. The van der Waals surface area contributed by atoms with Crippen molar-refractivity contribution in [3.63, 3.8) is 0 Å². The quantitative estimate of drug-likeness (QED) is 0.355. The number of pyridine rings is 1. The smallest absolute Gasteiger partial charge is 0.250 e. The van der Waals surface area contributed by atoms with E-state index in [2.05, 4.69) is 14.7 Å². The van der Waals surface area contributed by atoms with Gasteiger partial charge in [-0.3, -0.25) is 4.79 Å². The summed E-state index contributed by atoms with van der Waals surface area (Å²) in [5.74, 6) is 0.558. The Balaban J connectivity index is 1.50. The van der Waals surface area contributed by atoms with Gasteiger partial charge in [-0.15, -0.1) is 0 Å². The van der Waals surface area contributed by atoms with Gasteiger partial charge in [0.25, 0.3) is 0 Å². The number of carbonyl (C=O) groups is 1. The highest BCUT2D eigenvalue weighted by Crippen LogP contribution is 2.42. The molecule has 3 aromatic heterocycles. The van der Waals surface area contributed by atoms with Crippen molar-refractivity contribution in [1.29, 1.82) is 0 Å². The third-order valence-electron chi connectivity index (χ3n) is 7.70. The lowest BCUT2D eigenvalue weighted by Crippen LogP contribution is -2.32. The normalized spacial score (nSPS) is 19.7. The van der Waals surface area contributed by atoms with E-state index in [1.54, 1.807) is 4.90 Å². The summed E-state index contributed by atoms with van der Waals surface area (Å²) >= 11 is 0. The maximum absolute atomic E-state index is 14.6. The lowest BCUT2D eigenvalue weighted by atomic mass is 10.0. The molecule has 12 heteroatoms. The summed E-state index contributed by atoms with van der Waals surface area (Å²) in [7, 11) is -1.76. The summed E-state index contributed by atoms with van der Waals surface area (Å²) in [4.78, 5) is 23.7. The van der Waals surface area contributed by atoms with Gasteiger partial charge in [-0.1, -0.05) is 11.2 Å². The van der Waals surface area contributed by atoms with Crippen molar-refractivity contribution in [2.45, 2.75) is 51.6 Å². The van der Waals surface area contributed by atoms with Crippen LogP contribution in [0.15, 0.2) is 35.0 Å². The fourth-order valence-electron chi connectivity index (χ4n) is 5.87. The van der Waals surface area contributed by atoms with Gasteiger partial charge in [-0.2, -0.15) is 0 Å². The number of methoxy groups -OCH3 is 1. The van der Waals surface area contributed by atoms with E-state index in [0.29, 0.717) is 42.1 Å². The molecule has 0 saturated carbocycles. The molecule has 0 aliphatic carbocycles. The molecule has 2 fully saturated rings. The Bertz CT molecular complexity index is 1680. The summed E-state index contributed by atoms with van der Waals surface area (Å²) in [5, 5.41) is 4.07. The Kier molecular flexibility index (Phi) is 6.17. The number of hydrogen-bond acceptors (Lipinski definition) is 8. The Hall–Kier alpha value is -3.80. The SMILES string of the molecule is COc1ncc(N2C(=O)CC[C@H]2c2nc3cc(-c4c(C)noc4C)ccc3n2C2CCS(=O)(=O)CC2)cc1F. The van der Waals surface area contributed by atoms with Crippen LogP contribution in [-0.4, -0.2) is 52.6 Å². The minimum absolute atomic E-state index is 0.0921. The van der Waals surface area contributed by atoms with E-state index in [9.17, 15) is 17.6 Å². The second kappa shape index (κ2) is 9.44. The monoisotopic (exact) mass is 553 g/mol. The van der Waals surface area contributed by atoms with Crippen LogP contribution in [-0.2, 0) is 14.6 Å². The minimum atomic E-state index is -3.09. The Morgan fingerprint density at radius 2 is 1.90 bits per heavy atom. The number of carbonyl (C=O) groups excluding carboxylic acids is 1. The van der Waals surface area contributed by atoms with Crippen LogP contribution < -0.4 is 9.64 Å². The number of amides is 1. The zero-order valence-corrected chi connectivity index (χ0v) is 22.7. The predicted octanol–water partition coefficient (Wildman–Crippen LogP) is 4.47. The van der Waals surface area contributed by atoms with Crippen molar-refractivity contribution in [2.75, 3.05) is 23.5 Å². The highest BCUT2D eigenvalue weighted by Gasteiger charge is 2.39. The van der Waals surface area contributed by atoms with Crippen molar-refractivity contribution in [3.05, 3.63) is 53.6 Å². The largest absolute Gasteiger partial charge is 0.479 e. The number of aryl methyl sites for hydroxylation is 2. The molecule has 39 heavy (non-hydrogen) atoms. The summed E-state index contributed by atoms with van der Waals surface area (Å²) in [6.07, 6.45) is 3.08. The first-order valence-corrected chi connectivity index (χ1v) is 14.7. The lowest BCUT2D eigenvalue weighted by Gasteiger charge is -2.30. The van der Waals surface area contributed by atoms with Crippen molar-refractivity contribution >= 4 is 32.5 Å². The molecule has 0 spiro atoms. The van der Waals surface area contributed by atoms with Crippen molar-refractivity contribution in [2.24, 2.45) is 0 Å². The number of anilines is 1. The van der Waals surface area contributed by atoms with Crippen LogP contribution in [0.1, 0.15) is 55.0 Å². The van der Waals surface area contributed by atoms with Gasteiger partial charge in [-0.05, 0) is 50.8 Å². The number of hydrogen-bond donors (Lipinski definition) is 0. The average molecular weight is 554 g/mol. The van der Waals surface area contributed by atoms with Gasteiger partial charge in [-0.25, -0.2) is 22.8 Å². The van der Waals surface area contributed by atoms with Crippen LogP contribution in [0.2, 0.25) is 0 Å². The first-order valence-electron chi connectivity index (χ1n) is 12.8. The molecule has 4 aromatic rings. The second-order valence-electron chi connectivity index (χ2n) is 10.1. The van der Waals surface area contributed by atoms with Crippen LogP contribution in [0.4, 0.5) is 10.1 Å². The van der Waals surface area contributed by atoms with Crippen LogP contribution in [0.5, 0.6) is 5.88 Å². The lowest BCUT2D eigenvalue weighted by molar-refractivity contribution is -0.117. The molecular formula is C27H28FN5O5S. The molecule has 204 valence electrons. The molecule has 1 aromatic carbocycles. The molecule has 0 unspecified atom stereocenters. The number of halogens is 1. The number of imidazole rings is 1. The molecule has 5 heterocycles. The molecular weight excluding hydrogens is 525 g/mol. The molecule has 6 rings (SSSR count). The molecule has 2 saturated heterocycles. The molecule has 0 N–H and O–H groups in total. The topological polar surface area (TPSA) is 120 Å². The summed E-state index contributed by atoms with van der Waals surface area (Å²) < 4.78 is 51.5. The highest BCUT2D eigenvalue weighted by atomic mass is 32.2. The molecule has 0 bridgehead atoms. The number of nitrogens with zero attached hydrogens (tertiary/aromatic N) is 5. The number of aromatic nitrogens is 4. The van der Waals surface area contributed by atoms with Crippen LogP contribution in [0, 0.1) is 19.7 Å². The van der Waals surface area contributed by atoms with Gasteiger partial charge in [0.2, 0.25) is 11.8 Å². The summed E-state index contributed by atoms with van der Waals surface area (Å²) in [6.45, 7) is 3.74. The van der Waals surface area contributed by atoms with E-state index in [-0.39, 0.29) is 35.8 Å². The molecule has 10 nitrogen and oxygen atoms in total. The first-order chi connectivity index (χ1) is 18.7. The number of rotatable bonds is 5. The Morgan fingerprint density at radius 3 is 2.56 bits per heavy atom. The van der Waals surface area contributed by atoms with Crippen LogP contribution in [0.3, 0.4) is 0 Å². The molecule has 2 aliphatic heterocycles. The van der Waals surface area contributed by atoms with Gasteiger partial charge in [0.1, 0.15) is 21.4 Å². The highest BCUT2D eigenvalue weighted by molar-refractivity contribution is 7.91. The second-order valence-corrected chi connectivity index (χ2v) is 12.4. The third-order valence-corrected chi connectivity index (χ3v) is 9.42. The Labute approximate surface area is 224 Å². The zero-order chi connectivity index (χ0) is 27.5. The van der Waals surface area contributed by atoms with E-state index in [0.717, 1.165) is 22.3 Å². The van der Waals surface area contributed by atoms with E-state index in [1.165, 1.54) is 19.4 Å². The summed E-state index contributed by atoms with van der Waals surface area (Å²) in [5.41, 5.74) is 4.46. The fraction of sp³-hybridized carbons (Fsp3) is 0.407. The Morgan fingerprint density at radius 1 is 1.13 bits per heavy atom. The average Bonchev–Trinajstić information content (AvgIpc) is 3.57. The van der Waals surface area contributed by atoms with Crippen molar-refractivity contribution in [3.8, 4) is 17.0 Å². The van der Waals surface area contributed by atoms with Gasteiger partial charge in [0.15, 0.2) is 5.82 Å². The van der Waals surface area contributed by atoms with E-state index in [4.69, 9.17) is 14.2 Å².